The molecule has 0 radical (unpaired) electrons. The summed E-state index contributed by atoms with van der Waals surface area (Å²) in [6, 6.07) is 10.1. The van der Waals surface area contributed by atoms with Crippen molar-refractivity contribution in [2.45, 2.75) is 11.8 Å². The molecule has 3 rings (SSSR count). The molecule has 170 valence electrons. The van der Waals surface area contributed by atoms with E-state index in [2.05, 4.69) is 4.98 Å². The second-order valence-corrected chi connectivity index (χ2v) is 10.4. The van der Waals surface area contributed by atoms with E-state index in [0.29, 0.717) is 4.31 Å². The van der Waals surface area contributed by atoms with Crippen molar-refractivity contribution in [3.63, 3.8) is 0 Å². The van der Waals surface area contributed by atoms with E-state index in [0.717, 1.165) is 22.0 Å². The minimum atomic E-state index is -4.14. The van der Waals surface area contributed by atoms with E-state index >= 15 is 0 Å². The van der Waals surface area contributed by atoms with Crippen LogP contribution in [0.3, 0.4) is 0 Å². The quantitative estimate of drug-likeness (QED) is 0.504. The molecular formula is C20H21N3O7S2. The van der Waals surface area contributed by atoms with Crippen molar-refractivity contribution in [1.29, 1.82) is 0 Å². The van der Waals surface area contributed by atoms with Gasteiger partial charge in [0.15, 0.2) is 0 Å². The molecule has 12 heteroatoms. The van der Waals surface area contributed by atoms with Crippen LogP contribution >= 0.6 is 0 Å². The van der Waals surface area contributed by atoms with Gasteiger partial charge >= 0.3 is 0 Å². The SMILES string of the molecule is COc1ccc(N(C(=O)c2ccn(S(=O)(=O)c3ccc(C)cc3)c2)S(C)(=O)=O)c(OC)n1. The van der Waals surface area contributed by atoms with Crippen LogP contribution in [0.4, 0.5) is 5.69 Å². The summed E-state index contributed by atoms with van der Waals surface area (Å²) in [6.45, 7) is 1.82. The first kappa shape index (κ1) is 23.3. The number of amides is 1. The molecule has 3 aromatic rings. The van der Waals surface area contributed by atoms with Crippen LogP contribution in [0.25, 0.3) is 0 Å². The molecule has 0 aliphatic rings. The molecule has 2 heterocycles. The van der Waals surface area contributed by atoms with E-state index in [4.69, 9.17) is 9.47 Å². The van der Waals surface area contributed by atoms with Gasteiger partial charge in [0.05, 0.1) is 30.9 Å². The van der Waals surface area contributed by atoms with Gasteiger partial charge in [0.25, 0.3) is 15.9 Å². The van der Waals surface area contributed by atoms with E-state index in [1.165, 1.54) is 50.7 Å². The number of hydrogen-bond donors (Lipinski definition) is 0. The molecule has 0 aliphatic heterocycles. The zero-order chi connectivity index (χ0) is 23.7. The number of sulfonamides is 1. The summed E-state index contributed by atoms with van der Waals surface area (Å²) in [5.41, 5.74) is 0.581. The molecule has 0 fully saturated rings. The lowest BCUT2D eigenvalue weighted by molar-refractivity contribution is 0.100. The Morgan fingerprint density at radius 2 is 1.62 bits per heavy atom. The number of pyridine rings is 1. The summed E-state index contributed by atoms with van der Waals surface area (Å²) in [5, 5.41) is 0. The van der Waals surface area contributed by atoms with E-state index < -0.39 is 26.0 Å². The summed E-state index contributed by atoms with van der Waals surface area (Å²) in [4.78, 5) is 17.2. The Hall–Kier alpha value is -3.38. The number of carbonyl (C=O) groups excluding carboxylic acids is 1. The Morgan fingerprint density at radius 1 is 0.969 bits per heavy atom. The standard InChI is InChI=1S/C20H21N3O7S2/c1-14-5-7-16(8-6-14)32(27,28)22-12-11-15(13-22)20(24)23(31(4,25)26)17-9-10-18(29-2)21-19(17)30-3/h5-13H,1-4H3. The Balaban J connectivity index is 2.05. The number of ether oxygens (including phenoxy) is 2. The summed E-state index contributed by atoms with van der Waals surface area (Å²) in [6.07, 6.45) is 3.07. The maximum atomic E-state index is 13.2. The summed E-state index contributed by atoms with van der Waals surface area (Å²) >= 11 is 0. The number of rotatable bonds is 7. The number of aryl methyl sites for hydroxylation is 1. The van der Waals surface area contributed by atoms with Crippen LogP contribution in [0.15, 0.2) is 59.8 Å². The van der Waals surface area contributed by atoms with Gasteiger partial charge in [-0.3, -0.25) is 4.79 Å². The molecule has 1 amide bonds. The number of aromatic nitrogens is 2. The molecule has 1 aromatic carbocycles. The molecular weight excluding hydrogens is 458 g/mol. The number of carbonyl (C=O) groups is 1. The number of methoxy groups -OCH3 is 2. The molecule has 32 heavy (non-hydrogen) atoms. The minimum absolute atomic E-state index is 0.0266. The van der Waals surface area contributed by atoms with E-state index in [9.17, 15) is 21.6 Å². The molecule has 0 N–H and O–H groups in total. The molecule has 0 bridgehead atoms. The maximum Gasteiger partial charge on any atom is 0.273 e. The first-order valence-electron chi connectivity index (χ1n) is 9.13. The van der Waals surface area contributed by atoms with Crippen molar-refractivity contribution in [3.8, 4) is 11.8 Å². The fraction of sp³-hybridized carbons (Fsp3) is 0.200. The van der Waals surface area contributed by atoms with Crippen LogP contribution in [0.1, 0.15) is 15.9 Å². The third-order valence-corrected chi connectivity index (χ3v) is 7.14. The van der Waals surface area contributed by atoms with Crippen LogP contribution in [-0.4, -0.2) is 52.2 Å². The van der Waals surface area contributed by atoms with Crippen LogP contribution in [-0.2, 0) is 20.0 Å². The Labute approximate surface area is 186 Å². The zero-order valence-corrected chi connectivity index (χ0v) is 19.3. The average molecular weight is 480 g/mol. The fourth-order valence-corrected chi connectivity index (χ4v) is 4.98. The highest BCUT2D eigenvalue weighted by molar-refractivity contribution is 7.92. The highest BCUT2D eigenvalue weighted by Gasteiger charge is 2.31. The first-order chi connectivity index (χ1) is 15.0. The van der Waals surface area contributed by atoms with Gasteiger partial charge in [0.1, 0.15) is 5.69 Å². The molecule has 0 atom stereocenters. The predicted octanol–water partition coefficient (Wildman–Crippen LogP) is 2.05. The van der Waals surface area contributed by atoms with Gasteiger partial charge in [-0.05, 0) is 31.2 Å². The van der Waals surface area contributed by atoms with Gasteiger partial charge in [0.2, 0.25) is 21.8 Å². The minimum Gasteiger partial charge on any atom is -0.481 e. The van der Waals surface area contributed by atoms with E-state index in [1.807, 2.05) is 6.92 Å². The summed E-state index contributed by atoms with van der Waals surface area (Å²) in [7, 11) is -5.47. The van der Waals surface area contributed by atoms with Gasteiger partial charge in [-0.25, -0.2) is 20.8 Å². The van der Waals surface area contributed by atoms with Gasteiger partial charge in [-0.2, -0.15) is 9.29 Å². The number of anilines is 1. The molecule has 0 saturated heterocycles. The van der Waals surface area contributed by atoms with Gasteiger partial charge in [-0.15, -0.1) is 0 Å². The Morgan fingerprint density at radius 3 is 2.19 bits per heavy atom. The second kappa shape index (κ2) is 8.63. The monoisotopic (exact) mass is 479 g/mol. The molecule has 0 aliphatic carbocycles. The third kappa shape index (κ3) is 4.46. The second-order valence-electron chi connectivity index (χ2n) is 6.76. The summed E-state index contributed by atoms with van der Waals surface area (Å²) in [5.74, 6) is -0.979. The van der Waals surface area contributed by atoms with Crippen molar-refractivity contribution in [2.75, 3.05) is 24.8 Å². The van der Waals surface area contributed by atoms with Crippen molar-refractivity contribution in [2.24, 2.45) is 0 Å². The van der Waals surface area contributed by atoms with Crippen molar-refractivity contribution >= 4 is 31.6 Å². The lowest BCUT2D eigenvalue weighted by Crippen LogP contribution is -2.36. The maximum absolute atomic E-state index is 13.2. The molecule has 10 nitrogen and oxygen atoms in total. The highest BCUT2D eigenvalue weighted by atomic mass is 32.2. The van der Waals surface area contributed by atoms with Crippen LogP contribution in [0.5, 0.6) is 11.8 Å². The number of benzene rings is 1. The average Bonchev–Trinajstić information content (AvgIpc) is 3.24. The highest BCUT2D eigenvalue weighted by Crippen LogP contribution is 2.32. The van der Waals surface area contributed by atoms with Crippen LogP contribution in [0.2, 0.25) is 0 Å². The fourth-order valence-electron chi connectivity index (χ4n) is 2.88. The first-order valence-corrected chi connectivity index (χ1v) is 12.4. The largest absolute Gasteiger partial charge is 0.481 e. The third-order valence-electron chi connectivity index (χ3n) is 4.46. The van der Waals surface area contributed by atoms with E-state index in [1.54, 1.807) is 12.1 Å². The van der Waals surface area contributed by atoms with E-state index in [-0.39, 0.29) is 27.9 Å². The Kier molecular flexibility index (Phi) is 6.28. The number of nitrogens with zero attached hydrogens (tertiary/aromatic N) is 3. The van der Waals surface area contributed by atoms with Gasteiger partial charge in [-0.1, -0.05) is 17.7 Å². The summed E-state index contributed by atoms with van der Waals surface area (Å²) < 4.78 is 62.2. The lowest BCUT2D eigenvalue weighted by Gasteiger charge is -2.21. The van der Waals surface area contributed by atoms with Crippen LogP contribution in [0, 0.1) is 6.92 Å². The van der Waals surface area contributed by atoms with Crippen LogP contribution < -0.4 is 13.8 Å². The molecule has 0 unspecified atom stereocenters. The zero-order valence-electron chi connectivity index (χ0n) is 17.7. The molecule has 0 spiro atoms. The van der Waals surface area contributed by atoms with Crippen molar-refractivity contribution in [3.05, 3.63) is 66.0 Å². The smallest absolute Gasteiger partial charge is 0.273 e. The lowest BCUT2D eigenvalue weighted by atomic mass is 10.2. The normalized spacial score (nSPS) is 11.8. The molecule has 0 saturated carbocycles. The molecule has 2 aromatic heterocycles. The van der Waals surface area contributed by atoms with Gasteiger partial charge < -0.3 is 9.47 Å². The van der Waals surface area contributed by atoms with Crippen molar-refractivity contribution in [1.82, 2.24) is 8.96 Å². The topological polar surface area (TPSA) is 125 Å². The number of hydrogen-bond acceptors (Lipinski definition) is 8. The van der Waals surface area contributed by atoms with Crippen molar-refractivity contribution < 1.29 is 31.1 Å². The van der Waals surface area contributed by atoms with Gasteiger partial charge in [0, 0.05) is 18.5 Å². The predicted molar refractivity (Wildman–Crippen MR) is 117 cm³/mol. The Bertz CT molecular complexity index is 1360.